The number of esters is 1. The summed E-state index contributed by atoms with van der Waals surface area (Å²) in [5.41, 5.74) is 4.28. The first-order chi connectivity index (χ1) is 13.5. The van der Waals surface area contributed by atoms with Gasteiger partial charge in [0.2, 0.25) is 0 Å². The summed E-state index contributed by atoms with van der Waals surface area (Å²) in [6, 6.07) is 14.1. The van der Waals surface area contributed by atoms with E-state index in [0.29, 0.717) is 17.1 Å². The fourth-order valence-corrected chi connectivity index (χ4v) is 2.56. The lowest BCUT2D eigenvalue weighted by Gasteiger charge is -2.11. The van der Waals surface area contributed by atoms with E-state index in [1.165, 1.54) is 13.4 Å². The van der Waals surface area contributed by atoms with Crippen molar-refractivity contribution in [2.75, 3.05) is 17.7 Å². The van der Waals surface area contributed by atoms with Crippen molar-refractivity contribution in [2.24, 2.45) is 0 Å². The van der Waals surface area contributed by atoms with Gasteiger partial charge in [-0.15, -0.1) is 0 Å². The Hall–Kier alpha value is -3.74. The highest BCUT2D eigenvalue weighted by molar-refractivity contribution is 6.03. The van der Waals surface area contributed by atoms with E-state index in [2.05, 4.69) is 25.3 Å². The maximum Gasteiger partial charge on any atom is 0.337 e. The van der Waals surface area contributed by atoms with Crippen molar-refractivity contribution in [2.45, 2.75) is 13.8 Å². The van der Waals surface area contributed by atoms with Crippen LogP contribution >= 0.6 is 0 Å². The number of ether oxygens (including phenoxy) is 1. The van der Waals surface area contributed by atoms with Gasteiger partial charge in [0.25, 0.3) is 5.91 Å². The zero-order valence-electron chi connectivity index (χ0n) is 15.8. The number of benzene rings is 2. The van der Waals surface area contributed by atoms with Gasteiger partial charge >= 0.3 is 5.97 Å². The van der Waals surface area contributed by atoms with Crippen molar-refractivity contribution in [1.82, 2.24) is 9.97 Å². The molecule has 0 spiro atoms. The van der Waals surface area contributed by atoms with Gasteiger partial charge in [-0.1, -0.05) is 12.1 Å². The lowest BCUT2D eigenvalue weighted by Crippen LogP contribution is -2.14. The summed E-state index contributed by atoms with van der Waals surface area (Å²) in [4.78, 5) is 32.2. The van der Waals surface area contributed by atoms with Crippen LogP contribution in [0.5, 0.6) is 0 Å². The minimum Gasteiger partial charge on any atom is -0.465 e. The second kappa shape index (κ2) is 8.30. The Morgan fingerprint density at radius 2 is 1.71 bits per heavy atom. The van der Waals surface area contributed by atoms with Gasteiger partial charge in [-0.05, 0) is 55.3 Å². The highest BCUT2D eigenvalue weighted by Crippen LogP contribution is 2.21. The molecule has 7 nitrogen and oxygen atoms in total. The molecule has 1 heterocycles. The Morgan fingerprint density at radius 3 is 2.43 bits per heavy atom. The van der Waals surface area contributed by atoms with Gasteiger partial charge in [-0.25, -0.2) is 14.8 Å². The third-order valence-corrected chi connectivity index (χ3v) is 4.12. The van der Waals surface area contributed by atoms with Crippen molar-refractivity contribution in [3.05, 3.63) is 77.2 Å². The van der Waals surface area contributed by atoms with Crippen molar-refractivity contribution in [3.8, 4) is 0 Å². The SMILES string of the molecule is COC(=O)c1ccc(NC(=O)c2cc(Nc3cc(C)ccc3C)ncn2)cc1. The van der Waals surface area contributed by atoms with Crippen LogP contribution < -0.4 is 10.6 Å². The predicted molar refractivity (Wildman–Crippen MR) is 107 cm³/mol. The third-order valence-electron chi connectivity index (χ3n) is 4.12. The second-order valence-electron chi connectivity index (χ2n) is 6.25. The van der Waals surface area contributed by atoms with E-state index in [1.54, 1.807) is 30.3 Å². The van der Waals surface area contributed by atoms with Crippen LogP contribution in [0.3, 0.4) is 0 Å². The first kappa shape index (κ1) is 19.0. The molecule has 0 atom stereocenters. The standard InChI is InChI=1S/C21H20N4O3/c1-13-4-5-14(2)17(10-13)25-19-11-18(22-12-23-19)20(26)24-16-8-6-15(7-9-16)21(27)28-3/h4-12H,1-3H3,(H,24,26)(H,22,23,25). The monoisotopic (exact) mass is 376 g/mol. The van der Waals surface area contributed by atoms with Gasteiger partial charge < -0.3 is 15.4 Å². The Labute approximate surface area is 162 Å². The van der Waals surface area contributed by atoms with Crippen LogP contribution in [0, 0.1) is 13.8 Å². The number of amides is 1. The molecule has 0 aliphatic rings. The molecule has 1 amide bonds. The van der Waals surface area contributed by atoms with Crippen LogP contribution in [0.25, 0.3) is 0 Å². The number of carbonyl (C=O) groups is 2. The third kappa shape index (κ3) is 4.50. The fraction of sp³-hybridized carbons (Fsp3) is 0.143. The molecule has 0 unspecified atom stereocenters. The average Bonchev–Trinajstić information content (AvgIpc) is 2.71. The highest BCUT2D eigenvalue weighted by Gasteiger charge is 2.11. The van der Waals surface area contributed by atoms with Crippen LogP contribution in [0.15, 0.2) is 54.9 Å². The summed E-state index contributed by atoms with van der Waals surface area (Å²) in [6.07, 6.45) is 1.34. The molecule has 3 rings (SSSR count). The number of methoxy groups -OCH3 is 1. The Morgan fingerprint density at radius 1 is 0.964 bits per heavy atom. The van der Waals surface area contributed by atoms with Gasteiger partial charge in [0, 0.05) is 17.4 Å². The van der Waals surface area contributed by atoms with Gasteiger partial charge in [0.1, 0.15) is 17.8 Å². The van der Waals surface area contributed by atoms with Crippen molar-refractivity contribution < 1.29 is 14.3 Å². The van der Waals surface area contributed by atoms with Crippen LogP contribution in [0.1, 0.15) is 32.0 Å². The van der Waals surface area contributed by atoms with Crippen LogP contribution in [0.2, 0.25) is 0 Å². The highest BCUT2D eigenvalue weighted by atomic mass is 16.5. The molecule has 0 saturated heterocycles. The molecule has 7 heteroatoms. The number of nitrogens with zero attached hydrogens (tertiary/aromatic N) is 2. The number of rotatable bonds is 5. The summed E-state index contributed by atoms with van der Waals surface area (Å²) < 4.78 is 4.65. The lowest BCUT2D eigenvalue weighted by atomic mass is 10.1. The Bertz CT molecular complexity index is 1020. The van der Waals surface area contributed by atoms with Crippen LogP contribution in [0.4, 0.5) is 17.2 Å². The molecule has 2 aromatic carbocycles. The first-order valence-electron chi connectivity index (χ1n) is 8.62. The zero-order chi connectivity index (χ0) is 20.1. The summed E-state index contributed by atoms with van der Waals surface area (Å²) >= 11 is 0. The number of hydrogen-bond acceptors (Lipinski definition) is 6. The number of nitrogens with one attached hydrogen (secondary N) is 2. The molecule has 0 bridgehead atoms. The maximum atomic E-state index is 12.5. The molecule has 0 aliphatic heterocycles. The fourth-order valence-electron chi connectivity index (χ4n) is 2.56. The molecule has 0 fully saturated rings. The number of anilines is 3. The molecule has 28 heavy (non-hydrogen) atoms. The van der Waals surface area contributed by atoms with E-state index >= 15 is 0 Å². The normalized spacial score (nSPS) is 10.2. The molecule has 0 saturated carbocycles. The molecule has 142 valence electrons. The van der Waals surface area contributed by atoms with Gasteiger partial charge in [-0.3, -0.25) is 4.79 Å². The predicted octanol–water partition coefficient (Wildman–Crippen LogP) is 3.88. The molecule has 3 aromatic rings. The zero-order valence-corrected chi connectivity index (χ0v) is 15.8. The van der Waals surface area contributed by atoms with Crippen LogP contribution in [-0.2, 0) is 4.74 Å². The Balaban J connectivity index is 1.73. The smallest absolute Gasteiger partial charge is 0.337 e. The molecule has 1 aromatic heterocycles. The second-order valence-corrected chi connectivity index (χ2v) is 6.25. The lowest BCUT2D eigenvalue weighted by molar-refractivity contribution is 0.0600. The summed E-state index contributed by atoms with van der Waals surface area (Å²) in [6.45, 7) is 4.00. The molecule has 0 aliphatic carbocycles. The number of carbonyl (C=O) groups excluding carboxylic acids is 2. The maximum absolute atomic E-state index is 12.5. The first-order valence-corrected chi connectivity index (χ1v) is 8.62. The van der Waals surface area contributed by atoms with Gasteiger partial charge in [-0.2, -0.15) is 0 Å². The largest absolute Gasteiger partial charge is 0.465 e. The van der Waals surface area contributed by atoms with Gasteiger partial charge in [0.15, 0.2) is 0 Å². The molecule has 0 radical (unpaired) electrons. The van der Waals surface area contributed by atoms with Crippen LogP contribution in [-0.4, -0.2) is 29.0 Å². The number of aromatic nitrogens is 2. The summed E-state index contributed by atoms with van der Waals surface area (Å²) in [5, 5.41) is 5.96. The van der Waals surface area contributed by atoms with Crippen molar-refractivity contribution in [1.29, 1.82) is 0 Å². The van der Waals surface area contributed by atoms with E-state index in [4.69, 9.17) is 0 Å². The van der Waals surface area contributed by atoms with E-state index in [9.17, 15) is 9.59 Å². The molecular formula is C21H20N4O3. The Kier molecular flexibility index (Phi) is 5.64. The van der Waals surface area contributed by atoms with E-state index in [1.807, 2.05) is 32.0 Å². The summed E-state index contributed by atoms with van der Waals surface area (Å²) in [7, 11) is 1.32. The quantitative estimate of drug-likeness (QED) is 0.657. The van der Waals surface area contributed by atoms with E-state index in [-0.39, 0.29) is 11.6 Å². The van der Waals surface area contributed by atoms with Crippen molar-refractivity contribution >= 4 is 29.1 Å². The van der Waals surface area contributed by atoms with Crippen molar-refractivity contribution in [3.63, 3.8) is 0 Å². The topological polar surface area (TPSA) is 93.2 Å². The van der Waals surface area contributed by atoms with E-state index in [0.717, 1.165) is 16.8 Å². The minimum atomic E-state index is -0.434. The molecule has 2 N–H and O–H groups in total. The minimum absolute atomic E-state index is 0.222. The van der Waals surface area contributed by atoms with E-state index < -0.39 is 5.97 Å². The van der Waals surface area contributed by atoms with Gasteiger partial charge in [0.05, 0.1) is 12.7 Å². The number of aryl methyl sites for hydroxylation is 2. The summed E-state index contributed by atoms with van der Waals surface area (Å²) in [5.74, 6) is -0.289. The molecular weight excluding hydrogens is 356 g/mol. The average molecular weight is 376 g/mol. The number of hydrogen-bond donors (Lipinski definition) is 2.